The lowest BCUT2D eigenvalue weighted by atomic mass is 9.93. The van der Waals surface area contributed by atoms with Crippen LogP contribution in [0.25, 0.3) is 0 Å². The van der Waals surface area contributed by atoms with Gasteiger partial charge in [0, 0.05) is 44.1 Å². The van der Waals surface area contributed by atoms with E-state index in [0.717, 1.165) is 25.9 Å². The minimum Gasteiger partial charge on any atom is -0.461 e. The molecule has 2 atom stereocenters. The molecule has 1 aromatic heterocycles. The van der Waals surface area contributed by atoms with Crippen LogP contribution in [0.3, 0.4) is 0 Å². The molecular formula is C28H38FN5O6S. The van der Waals surface area contributed by atoms with Crippen LogP contribution < -0.4 is 24.6 Å². The molecule has 3 fully saturated rings. The number of carbonyl (C=O) groups excluding carboxylic acids is 1. The first-order chi connectivity index (χ1) is 19.6. The molecule has 13 heteroatoms. The summed E-state index contributed by atoms with van der Waals surface area (Å²) in [4.78, 5) is 22.0. The number of alkyl halides is 1. The van der Waals surface area contributed by atoms with E-state index in [1.54, 1.807) is 24.3 Å². The number of aliphatic hydroxyl groups is 1. The third-order valence-corrected chi connectivity index (χ3v) is 9.99. The SMILES string of the molecule is C[C@@H]1CN(c2cc(NC(=O)c3cnc(NS(=O)(=O)[C@H](C)CO)cc3N3CCC4(CC3)CC4)ccc2OCF)CCO1. The van der Waals surface area contributed by atoms with Gasteiger partial charge in [-0.25, -0.2) is 17.8 Å². The summed E-state index contributed by atoms with van der Waals surface area (Å²) in [6, 6.07) is 6.62. The number of hydrogen-bond acceptors (Lipinski definition) is 9. The molecule has 3 heterocycles. The number of halogens is 1. The van der Waals surface area contributed by atoms with Gasteiger partial charge < -0.3 is 29.7 Å². The summed E-state index contributed by atoms with van der Waals surface area (Å²) >= 11 is 0. The number of sulfonamides is 1. The van der Waals surface area contributed by atoms with Crippen molar-refractivity contribution >= 4 is 38.8 Å². The van der Waals surface area contributed by atoms with E-state index in [1.807, 2.05) is 11.8 Å². The number of benzene rings is 1. The minimum atomic E-state index is -3.86. The van der Waals surface area contributed by atoms with Crippen LogP contribution >= 0.6 is 0 Å². The average Bonchev–Trinajstić information content (AvgIpc) is 3.72. The Bertz CT molecular complexity index is 1360. The van der Waals surface area contributed by atoms with Gasteiger partial charge in [-0.15, -0.1) is 0 Å². The number of pyridine rings is 1. The van der Waals surface area contributed by atoms with Crippen LogP contribution in [-0.4, -0.2) is 82.0 Å². The zero-order chi connectivity index (χ0) is 29.2. The van der Waals surface area contributed by atoms with Crippen LogP contribution in [0.15, 0.2) is 30.5 Å². The molecule has 0 unspecified atom stereocenters. The molecule has 1 amide bonds. The smallest absolute Gasteiger partial charge is 0.259 e. The Labute approximate surface area is 240 Å². The van der Waals surface area contributed by atoms with Gasteiger partial charge >= 0.3 is 0 Å². The predicted octanol–water partition coefficient (Wildman–Crippen LogP) is 3.37. The Hall–Kier alpha value is -3.16. The van der Waals surface area contributed by atoms with E-state index in [2.05, 4.69) is 19.9 Å². The lowest BCUT2D eigenvalue weighted by molar-refractivity contribution is 0.0529. The maximum atomic E-state index is 13.6. The second kappa shape index (κ2) is 12.0. The van der Waals surface area contributed by atoms with E-state index in [-0.39, 0.29) is 11.9 Å². The second-order valence-corrected chi connectivity index (χ2v) is 13.3. The summed E-state index contributed by atoms with van der Waals surface area (Å²) in [6.45, 7) is 5.07. The average molecular weight is 592 g/mol. The van der Waals surface area contributed by atoms with Gasteiger partial charge in [-0.3, -0.25) is 9.52 Å². The van der Waals surface area contributed by atoms with Gasteiger partial charge in [-0.1, -0.05) is 0 Å². The van der Waals surface area contributed by atoms with Crippen molar-refractivity contribution in [1.82, 2.24) is 4.98 Å². The Morgan fingerprint density at radius 3 is 2.61 bits per heavy atom. The highest BCUT2D eigenvalue weighted by Gasteiger charge is 2.44. The molecule has 0 radical (unpaired) electrons. The summed E-state index contributed by atoms with van der Waals surface area (Å²) < 4.78 is 51.6. The zero-order valence-electron chi connectivity index (χ0n) is 23.4. The Balaban J connectivity index is 1.42. The molecule has 224 valence electrons. The Morgan fingerprint density at radius 1 is 1.20 bits per heavy atom. The van der Waals surface area contributed by atoms with Crippen LogP contribution in [0.2, 0.25) is 0 Å². The number of aromatic nitrogens is 1. The van der Waals surface area contributed by atoms with E-state index in [0.29, 0.717) is 53.5 Å². The van der Waals surface area contributed by atoms with Gasteiger partial charge in [0.1, 0.15) is 16.8 Å². The number of amides is 1. The van der Waals surface area contributed by atoms with E-state index < -0.39 is 34.6 Å². The minimum absolute atomic E-state index is 0.00974. The van der Waals surface area contributed by atoms with E-state index in [1.165, 1.54) is 26.0 Å². The molecule has 41 heavy (non-hydrogen) atoms. The van der Waals surface area contributed by atoms with Gasteiger partial charge in [0.15, 0.2) is 0 Å². The number of aliphatic hydroxyl groups excluding tert-OH is 1. The number of ether oxygens (including phenoxy) is 2. The van der Waals surface area contributed by atoms with E-state index in [9.17, 15) is 22.7 Å². The van der Waals surface area contributed by atoms with Crippen LogP contribution in [0.4, 0.5) is 27.3 Å². The molecule has 3 N–H and O–H groups in total. The molecule has 1 spiro atoms. The molecule has 1 aliphatic carbocycles. The second-order valence-electron chi connectivity index (χ2n) is 11.2. The van der Waals surface area contributed by atoms with Crippen LogP contribution in [0.1, 0.15) is 49.9 Å². The van der Waals surface area contributed by atoms with E-state index >= 15 is 0 Å². The molecule has 1 aromatic carbocycles. The summed E-state index contributed by atoms with van der Waals surface area (Å²) in [5, 5.41) is 11.3. The maximum Gasteiger partial charge on any atom is 0.259 e. The summed E-state index contributed by atoms with van der Waals surface area (Å²) in [5.41, 5.74) is 2.45. The largest absolute Gasteiger partial charge is 0.461 e. The van der Waals surface area contributed by atoms with Crippen molar-refractivity contribution < 1.29 is 32.2 Å². The molecule has 3 aliphatic rings. The first-order valence-electron chi connectivity index (χ1n) is 14.0. The quantitative estimate of drug-likeness (QED) is 0.380. The number of anilines is 4. The number of nitrogens with one attached hydrogen (secondary N) is 2. The van der Waals surface area contributed by atoms with Gasteiger partial charge in [0.2, 0.25) is 16.9 Å². The first kappa shape index (κ1) is 29.3. The van der Waals surface area contributed by atoms with Crippen molar-refractivity contribution in [1.29, 1.82) is 0 Å². The molecule has 1 saturated carbocycles. The maximum absolute atomic E-state index is 13.6. The zero-order valence-corrected chi connectivity index (χ0v) is 24.3. The molecule has 2 aromatic rings. The van der Waals surface area contributed by atoms with Crippen LogP contribution in [0, 0.1) is 5.41 Å². The third-order valence-electron chi connectivity index (χ3n) is 8.29. The van der Waals surface area contributed by atoms with Crippen LogP contribution in [-0.2, 0) is 14.8 Å². The van der Waals surface area contributed by atoms with Crippen molar-refractivity contribution in [2.24, 2.45) is 5.41 Å². The number of piperidine rings is 1. The van der Waals surface area contributed by atoms with Gasteiger partial charge in [0.05, 0.1) is 36.3 Å². The molecule has 2 saturated heterocycles. The molecule has 5 rings (SSSR count). The van der Waals surface area contributed by atoms with Gasteiger partial charge in [-0.05, 0) is 63.1 Å². The number of carbonyl (C=O) groups is 1. The van der Waals surface area contributed by atoms with Crippen LogP contribution in [0.5, 0.6) is 5.75 Å². The number of rotatable bonds is 10. The van der Waals surface area contributed by atoms with Gasteiger partial charge in [0.25, 0.3) is 5.91 Å². The fraction of sp³-hybridized carbons (Fsp3) is 0.571. The highest BCUT2D eigenvalue weighted by Crippen LogP contribution is 2.54. The van der Waals surface area contributed by atoms with Crippen molar-refractivity contribution in [3.63, 3.8) is 0 Å². The topological polar surface area (TPSA) is 133 Å². The first-order valence-corrected chi connectivity index (χ1v) is 15.6. The Morgan fingerprint density at radius 2 is 1.95 bits per heavy atom. The molecular weight excluding hydrogens is 553 g/mol. The van der Waals surface area contributed by atoms with Crippen molar-refractivity contribution in [3.8, 4) is 5.75 Å². The lowest BCUT2D eigenvalue weighted by Crippen LogP contribution is -2.41. The Kier molecular flexibility index (Phi) is 8.57. The summed E-state index contributed by atoms with van der Waals surface area (Å²) in [6.07, 6.45) is 5.83. The normalized spacial score (nSPS) is 20.9. The van der Waals surface area contributed by atoms with Crippen molar-refractivity contribution in [2.75, 3.05) is 66.1 Å². The lowest BCUT2D eigenvalue weighted by Gasteiger charge is -2.35. The van der Waals surface area contributed by atoms with Crippen molar-refractivity contribution in [3.05, 3.63) is 36.0 Å². The molecule has 0 bridgehead atoms. The fourth-order valence-corrected chi connectivity index (χ4v) is 6.24. The fourth-order valence-electron chi connectivity index (χ4n) is 5.44. The van der Waals surface area contributed by atoms with Crippen molar-refractivity contribution in [2.45, 2.75) is 50.9 Å². The predicted molar refractivity (Wildman–Crippen MR) is 155 cm³/mol. The standard InChI is InChI=1S/C28H38FN5O6S/c1-19-16-34(11-12-39-19)24-13-21(3-4-25(24)40-18-29)31-27(36)22-15-30-26(32-41(37,38)20(2)17-35)14-23(22)33-9-7-28(5-6-28)8-10-33/h3-4,13-15,19-20,35H,5-12,16-18H2,1-2H3,(H,30,32)(H,31,36)/t19-,20-/m1/s1. The highest BCUT2D eigenvalue weighted by atomic mass is 32.2. The highest BCUT2D eigenvalue weighted by molar-refractivity contribution is 7.93. The summed E-state index contributed by atoms with van der Waals surface area (Å²) in [5.74, 6) is 0.0517. The van der Waals surface area contributed by atoms with E-state index in [4.69, 9.17) is 9.47 Å². The number of nitrogens with zero attached hydrogens (tertiary/aromatic N) is 3. The summed E-state index contributed by atoms with van der Waals surface area (Å²) in [7, 11) is -3.86. The number of hydrogen-bond donors (Lipinski definition) is 3. The third kappa shape index (κ3) is 6.68. The monoisotopic (exact) mass is 591 g/mol. The van der Waals surface area contributed by atoms with Gasteiger partial charge in [-0.2, -0.15) is 0 Å². The number of morpholine rings is 1. The molecule has 11 nitrogen and oxygen atoms in total. The molecule has 2 aliphatic heterocycles.